The van der Waals surface area contributed by atoms with Gasteiger partial charge in [0.2, 0.25) is 0 Å². The summed E-state index contributed by atoms with van der Waals surface area (Å²) < 4.78 is 7.32. The highest BCUT2D eigenvalue weighted by atomic mass is 35.5. The van der Waals surface area contributed by atoms with E-state index in [9.17, 15) is 4.79 Å². The number of benzene rings is 2. The van der Waals surface area contributed by atoms with Gasteiger partial charge in [-0.2, -0.15) is 0 Å². The van der Waals surface area contributed by atoms with Gasteiger partial charge in [-0.1, -0.05) is 30.3 Å². The third-order valence-electron chi connectivity index (χ3n) is 5.70. The Kier molecular flexibility index (Phi) is 8.74. The minimum atomic E-state index is -0.00259. The van der Waals surface area contributed by atoms with Crippen LogP contribution in [0, 0.1) is 0 Å². The fraction of sp³-hybridized carbons (Fsp3) is 0.348. The van der Waals surface area contributed by atoms with Gasteiger partial charge in [0.05, 0.1) is 12.6 Å². The van der Waals surface area contributed by atoms with Crippen LogP contribution < -0.4 is 20.9 Å². The van der Waals surface area contributed by atoms with Crippen LogP contribution in [0.4, 0.5) is 0 Å². The number of ether oxygens (including phenoxy) is 1. The summed E-state index contributed by atoms with van der Waals surface area (Å²) >= 11 is 0. The number of rotatable bonds is 5. The number of aryl methyl sites for hydroxylation is 1. The highest BCUT2D eigenvalue weighted by Crippen LogP contribution is 2.27. The van der Waals surface area contributed by atoms with E-state index in [1.54, 1.807) is 17.7 Å². The maximum absolute atomic E-state index is 12.0. The molecule has 0 aliphatic carbocycles. The first kappa shape index (κ1) is 24.2. The molecule has 1 aliphatic rings. The summed E-state index contributed by atoms with van der Waals surface area (Å²) in [6.45, 7) is 1.73. The first-order valence-corrected chi connectivity index (χ1v) is 9.86. The van der Waals surface area contributed by atoms with E-state index < -0.39 is 0 Å². The smallest absolute Gasteiger partial charge is 0.250 e. The largest absolute Gasteiger partial charge is 0.496 e. The lowest BCUT2D eigenvalue weighted by Gasteiger charge is -2.34. The number of aromatic nitrogens is 1. The molecule has 1 aromatic heterocycles. The highest BCUT2D eigenvalue weighted by molar-refractivity contribution is 5.85. The maximum Gasteiger partial charge on any atom is 0.250 e. The number of fused-ring (bicyclic) bond motifs is 1. The highest BCUT2D eigenvalue weighted by Gasteiger charge is 2.25. The van der Waals surface area contributed by atoms with Crippen molar-refractivity contribution < 1.29 is 4.74 Å². The first-order valence-electron chi connectivity index (χ1n) is 9.86. The van der Waals surface area contributed by atoms with Crippen LogP contribution in [0.3, 0.4) is 0 Å². The summed E-state index contributed by atoms with van der Waals surface area (Å²) in [7, 11) is 3.51. The Bertz CT molecular complexity index is 1020. The van der Waals surface area contributed by atoms with E-state index in [1.807, 2.05) is 19.2 Å². The second-order valence-electron chi connectivity index (χ2n) is 7.43. The van der Waals surface area contributed by atoms with Gasteiger partial charge in [-0.3, -0.25) is 4.79 Å². The molecule has 0 amide bonds. The van der Waals surface area contributed by atoms with E-state index in [-0.39, 0.29) is 30.4 Å². The third-order valence-corrected chi connectivity index (χ3v) is 5.70. The van der Waals surface area contributed by atoms with E-state index >= 15 is 0 Å². The molecule has 2 N–H and O–H groups in total. The second-order valence-corrected chi connectivity index (χ2v) is 7.43. The number of nitrogens with one attached hydrogen (secondary N) is 2. The third kappa shape index (κ3) is 4.98. The molecule has 0 bridgehead atoms. The van der Waals surface area contributed by atoms with Gasteiger partial charge in [0.1, 0.15) is 5.75 Å². The number of hydrogen-bond donors (Lipinski definition) is 2. The van der Waals surface area contributed by atoms with E-state index in [0.29, 0.717) is 18.6 Å². The Balaban J connectivity index is 0.00000160. The molecule has 2 atom stereocenters. The van der Waals surface area contributed by atoms with E-state index in [1.165, 1.54) is 5.56 Å². The molecule has 4 rings (SSSR count). The predicted octanol–water partition coefficient (Wildman–Crippen LogP) is 3.97. The Morgan fingerprint density at radius 1 is 1.13 bits per heavy atom. The van der Waals surface area contributed by atoms with Gasteiger partial charge < -0.3 is 19.9 Å². The molecule has 2 aromatic carbocycles. The summed E-state index contributed by atoms with van der Waals surface area (Å²) in [4.78, 5) is 12.0. The summed E-state index contributed by atoms with van der Waals surface area (Å²) in [5, 5.41) is 8.39. The lowest BCUT2D eigenvalue weighted by molar-refractivity contribution is 0.303. The molecule has 0 radical (unpaired) electrons. The van der Waals surface area contributed by atoms with E-state index in [2.05, 4.69) is 47.0 Å². The lowest BCUT2D eigenvalue weighted by atomic mass is 9.92. The molecule has 7 heteroatoms. The standard InChI is InChI=1S/C23H27N3O2.2ClH/c1-26-20-13-18(21(28-2)14-17(20)10-11-22(26)27)15-25-19-9-6-12-24-23(19)16-7-4-3-5-8-16;;/h3-5,7-8,10-11,13-14,19,23-25H,6,9,12,15H2,1-2H3;2*1H/t19-,23-;;/m0../s1. The van der Waals surface area contributed by atoms with Crippen molar-refractivity contribution in [1.29, 1.82) is 0 Å². The lowest BCUT2D eigenvalue weighted by Crippen LogP contribution is -2.45. The summed E-state index contributed by atoms with van der Waals surface area (Å²) in [6, 6.07) is 18.8. The van der Waals surface area contributed by atoms with Crippen LogP contribution in [0.1, 0.15) is 30.0 Å². The number of piperidine rings is 1. The molecule has 3 aromatic rings. The molecule has 0 unspecified atom stereocenters. The Morgan fingerprint density at radius 3 is 2.63 bits per heavy atom. The maximum atomic E-state index is 12.0. The molecular formula is C23H29Cl2N3O2. The monoisotopic (exact) mass is 449 g/mol. The van der Waals surface area contributed by atoms with Crippen LogP contribution in [0.2, 0.25) is 0 Å². The van der Waals surface area contributed by atoms with Gasteiger partial charge in [0, 0.05) is 42.7 Å². The molecule has 0 spiro atoms. The topological polar surface area (TPSA) is 55.3 Å². The molecule has 1 saturated heterocycles. The van der Waals surface area contributed by atoms with Crippen LogP contribution in [0.25, 0.3) is 10.9 Å². The number of nitrogens with zero attached hydrogens (tertiary/aromatic N) is 1. The van der Waals surface area contributed by atoms with Crippen molar-refractivity contribution in [2.75, 3.05) is 13.7 Å². The predicted molar refractivity (Wildman–Crippen MR) is 127 cm³/mol. The molecule has 1 fully saturated rings. The molecule has 5 nitrogen and oxygen atoms in total. The number of hydrogen-bond acceptors (Lipinski definition) is 4. The van der Waals surface area contributed by atoms with Gasteiger partial charge >= 0.3 is 0 Å². The van der Waals surface area contributed by atoms with Crippen LogP contribution in [-0.2, 0) is 13.6 Å². The molecule has 30 heavy (non-hydrogen) atoms. The van der Waals surface area contributed by atoms with Gasteiger partial charge in [-0.25, -0.2) is 0 Å². The second kappa shape index (κ2) is 10.8. The van der Waals surface area contributed by atoms with E-state index in [4.69, 9.17) is 4.74 Å². The van der Waals surface area contributed by atoms with Crippen molar-refractivity contribution in [2.45, 2.75) is 31.5 Å². The van der Waals surface area contributed by atoms with Gasteiger partial charge in [0.25, 0.3) is 5.56 Å². The molecule has 162 valence electrons. The van der Waals surface area contributed by atoms with Crippen molar-refractivity contribution in [3.05, 3.63) is 76.1 Å². The van der Waals surface area contributed by atoms with Crippen LogP contribution in [0.5, 0.6) is 5.75 Å². The average molecular weight is 450 g/mol. The van der Waals surface area contributed by atoms with Crippen molar-refractivity contribution in [1.82, 2.24) is 15.2 Å². The average Bonchev–Trinajstić information content (AvgIpc) is 2.75. The molecule has 1 aliphatic heterocycles. The van der Waals surface area contributed by atoms with Gasteiger partial charge in [-0.15, -0.1) is 24.8 Å². The Labute approximate surface area is 189 Å². The fourth-order valence-corrected chi connectivity index (χ4v) is 4.13. The Hall–Kier alpha value is -2.05. The zero-order valence-corrected chi connectivity index (χ0v) is 18.9. The van der Waals surface area contributed by atoms with Crippen LogP contribution in [-0.4, -0.2) is 24.3 Å². The molecule has 0 saturated carbocycles. The van der Waals surface area contributed by atoms with Gasteiger partial charge in [0.15, 0.2) is 0 Å². The van der Waals surface area contributed by atoms with Crippen molar-refractivity contribution in [3.63, 3.8) is 0 Å². The number of halogens is 2. The van der Waals surface area contributed by atoms with Crippen LogP contribution >= 0.6 is 24.8 Å². The SMILES string of the molecule is COc1cc2ccc(=O)n(C)c2cc1CN[C@H]1CCCN[C@H]1c1ccccc1.Cl.Cl. The first-order chi connectivity index (χ1) is 13.7. The van der Waals surface area contributed by atoms with Gasteiger partial charge in [-0.05, 0) is 43.1 Å². The minimum absolute atomic E-state index is 0. The zero-order chi connectivity index (χ0) is 19.5. The number of methoxy groups -OCH3 is 1. The van der Waals surface area contributed by atoms with Crippen molar-refractivity contribution in [3.8, 4) is 5.75 Å². The molecular weight excluding hydrogens is 421 g/mol. The molecule has 2 heterocycles. The summed E-state index contributed by atoms with van der Waals surface area (Å²) in [6.07, 6.45) is 2.28. The normalized spacial score (nSPS) is 18.3. The quantitative estimate of drug-likeness (QED) is 0.618. The summed E-state index contributed by atoms with van der Waals surface area (Å²) in [5.74, 6) is 0.846. The fourth-order valence-electron chi connectivity index (χ4n) is 4.13. The number of pyridine rings is 1. The van der Waals surface area contributed by atoms with Crippen LogP contribution in [0.15, 0.2) is 59.4 Å². The van der Waals surface area contributed by atoms with Crippen molar-refractivity contribution in [2.24, 2.45) is 7.05 Å². The van der Waals surface area contributed by atoms with E-state index in [0.717, 1.165) is 41.6 Å². The Morgan fingerprint density at radius 2 is 1.90 bits per heavy atom. The summed E-state index contributed by atoms with van der Waals surface area (Å²) in [5.41, 5.74) is 3.30. The minimum Gasteiger partial charge on any atom is -0.496 e. The van der Waals surface area contributed by atoms with Crippen molar-refractivity contribution >= 4 is 35.7 Å². The zero-order valence-electron chi connectivity index (χ0n) is 17.3.